The van der Waals surface area contributed by atoms with Crippen molar-refractivity contribution in [2.45, 2.75) is 0 Å². The molecule has 10 heavy (non-hydrogen) atoms. The first-order valence-electron chi connectivity index (χ1n) is 3.02. The van der Waals surface area contributed by atoms with E-state index >= 15 is 0 Å². The molecule has 2 rings (SSSR count). The van der Waals surface area contributed by atoms with E-state index in [9.17, 15) is 0 Å². The van der Waals surface area contributed by atoms with E-state index in [0.717, 1.165) is 24.6 Å². The van der Waals surface area contributed by atoms with Gasteiger partial charge < -0.3 is 5.32 Å². The summed E-state index contributed by atoms with van der Waals surface area (Å²) in [6.07, 6.45) is 0. The molecule has 1 aliphatic rings. The van der Waals surface area contributed by atoms with Gasteiger partial charge in [-0.1, -0.05) is 4.49 Å². The van der Waals surface area contributed by atoms with Gasteiger partial charge in [0.1, 0.15) is 11.5 Å². The molecule has 0 saturated heterocycles. The number of hydrogen-bond acceptors (Lipinski definition) is 5. The Bertz CT molecular complexity index is 240. The average molecular weight is 154 g/mol. The van der Waals surface area contributed by atoms with Gasteiger partial charge in [0.05, 0.1) is 6.54 Å². The van der Waals surface area contributed by atoms with Crippen LogP contribution in [-0.2, 0) is 0 Å². The van der Waals surface area contributed by atoms with E-state index in [2.05, 4.69) is 19.9 Å². The van der Waals surface area contributed by atoms with Crippen molar-refractivity contribution in [3.05, 3.63) is 11.1 Å². The Hall–Kier alpha value is -0.970. The minimum Gasteiger partial charge on any atom is -0.367 e. The highest BCUT2D eigenvalue weighted by Crippen LogP contribution is 2.00. The summed E-state index contributed by atoms with van der Waals surface area (Å²) < 4.78 is 3.74. The van der Waals surface area contributed by atoms with Gasteiger partial charge in [-0.05, 0) is 11.5 Å². The van der Waals surface area contributed by atoms with E-state index in [1.54, 1.807) is 0 Å². The van der Waals surface area contributed by atoms with Crippen LogP contribution >= 0.6 is 11.5 Å². The number of aromatic nitrogens is 2. The summed E-state index contributed by atoms with van der Waals surface area (Å²) in [7, 11) is 0. The van der Waals surface area contributed by atoms with Crippen LogP contribution in [0.15, 0.2) is 10.4 Å². The van der Waals surface area contributed by atoms with Gasteiger partial charge in [-0.2, -0.15) is 0 Å². The summed E-state index contributed by atoms with van der Waals surface area (Å²) in [5.74, 6) is 0.883. The minimum atomic E-state index is 0.854. The predicted molar refractivity (Wildman–Crippen MR) is 39.3 cm³/mol. The Morgan fingerprint density at radius 2 is 2.60 bits per heavy atom. The molecule has 1 N–H and O–H groups in total. The molecule has 1 aliphatic heterocycles. The zero-order chi connectivity index (χ0) is 6.81. The Kier molecular flexibility index (Phi) is 1.35. The molecule has 0 spiro atoms. The van der Waals surface area contributed by atoms with Crippen molar-refractivity contribution < 1.29 is 0 Å². The van der Waals surface area contributed by atoms with Crippen LogP contribution in [0, 0.1) is 0 Å². The smallest absolute Gasteiger partial charge is 0.150 e. The summed E-state index contributed by atoms with van der Waals surface area (Å²) in [5, 5.41) is 8.87. The van der Waals surface area contributed by atoms with Crippen LogP contribution in [0.25, 0.3) is 0 Å². The standard InChI is InChI=1S/C5H6N4S/c1-2-7-5(6-1)4-3-10-9-8-4/h3H,1-2H2,(H,6,7). The van der Waals surface area contributed by atoms with Gasteiger partial charge in [0.25, 0.3) is 0 Å². The Morgan fingerprint density at radius 3 is 3.20 bits per heavy atom. The van der Waals surface area contributed by atoms with Crippen molar-refractivity contribution in [1.82, 2.24) is 14.9 Å². The van der Waals surface area contributed by atoms with E-state index in [0.29, 0.717) is 0 Å². The zero-order valence-electron chi connectivity index (χ0n) is 5.24. The second-order valence-corrected chi connectivity index (χ2v) is 2.56. The lowest BCUT2D eigenvalue weighted by Crippen LogP contribution is -2.19. The lowest BCUT2D eigenvalue weighted by Gasteiger charge is -1.92. The van der Waals surface area contributed by atoms with E-state index in [1.165, 1.54) is 11.5 Å². The van der Waals surface area contributed by atoms with Crippen LogP contribution in [0.3, 0.4) is 0 Å². The largest absolute Gasteiger partial charge is 0.367 e. The van der Waals surface area contributed by atoms with E-state index in [-0.39, 0.29) is 0 Å². The SMILES string of the molecule is c1snnc1C1=NCCN1. The molecular weight excluding hydrogens is 148 g/mol. The molecule has 2 heterocycles. The summed E-state index contributed by atoms with van der Waals surface area (Å²) in [6.45, 7) is 1.78. The fourth-order valence-electron chi connectivity index (χ4n) is 0.837. The highest BCUT2D eigenvalue weighted by molar-refractivity contribution is 7.03. The maximum atomic E-state index is 4.19. The zero-order valence-corrected chi connectivity index (χ0v) is 6.06. The molecule has 52 valence electrons. The number of nitrogens with zero attached hydrogens (tertiary/aromatic N) is 3. The van der Waals surface area contributed by atoms with Crippen molar-refractivity contribution >= 4 is 17.4 Å². The molecule has 0 aliphatic carbocycles. The summed E-state index contributed by atoms with van der Waals surface area (Å²) in [6, 6.07) is 0. The quantitative estimate of drug-likeness (QED) is 0.614. The van der Waals surface area contributed by atoms with Gasteiger partial charge in [-0.3, -0.25) is 4.99 Å². The maximum Gasteiger partial charge on any atom is 0.150 e. The van der Waals surface area contributed by atoms with Gasteiger partial charge >= 0.3 is 0 Å². The maximum absolute atomic E-state index is 4.19. The van der Waals surface area contributed by atoms with Crippen molar-refractivity contribution in [3.63, 3.8) is 0 Å². The molecule has 0 aromatic carbocycles. The molecule has 0 atom stereocenters. The molecule has 1 aromatic heterocycles. The third-order valence-electron chi connectivity index (χ3n) is 1.28. The van der Waals surface area contributed by atoms with Crippen LogP contribution in [-0.4, -0.2) is 28.5 Å². The van der Waals surface area contributed by atoms with Crippen molar-refractivity contribution in [2.24, 2.45) is 4.99 Å². The summed E-state index contributed by atoms with van der Waals surface area (Å²) in [4.78, 5) is 4.19. The van der Waals surface area contributed by atoms with E-state index < -0.39 is 0 Å². The Balaban J connectivity index is 2.28. The van der Waals surface area contributed by atoms with Gasteiger partial charge in [0.2, 0.25) is 0 Å². The number of nitrogens with one attached hydrogen (secondary N) is 1. The van der Waals surface area contributed by atoms with Crippen LogP contribution in [0.2, 0.25) is 0 Å². The van der Waals surface area contributed by atoms with Crippen molar-refractivity contribution in [1.29, 1.82) is 0 Å². The monoisotopic (exact) mass is 154 g/mol. The van der Waals surface area contributed by atoms with Crippen LogP contribution in [0.4, 0.5) is 0 Å². The molecule has 4 nitrogen and oxygen atoms in total. The lowest BCUT2D eigenvalue weighted by atomic mass is 10.5. The number of hydrogen-bond donors (Lipinski definition) is 1. The Labute approximate surface area is 62.2 Å². The van der Waals surface area contributed by atoms with Crippen molar-refractivity contribution in [3.8, 4) is 0 Å². The molecular formula is C5H6N4S. The first kappa shape index (κ1) is 5.79. The predicted octanol–water partition coefficient (Wildman–Crippen LogP) is -0.112. The third-order valence-corrected chi connectivity index (χ3v) is 1.78. The Morgan fingerprint density at radius 1 is 1.60 bits per heavy atom. The third kappa shape index (κ3) is 0.881. The van der Waals surface area contributed by atoms with E-state index in [4.69, 9.17) is 0 Å². The second-order valence-electron chi connectivity index (χ2n) is 1.95. The minimum absolute atomic E-state index is 0.854. The van der Waals surface area contributed by atoms with Gasteiger partial charge in [0, 0.05) is 11.9 Å². The van der Waals surface area contributed by atoms with E-state index in [1.807, 2.05) is 5.38 Å². The number of rotatable bonds is 1. The highest BCUT2D eigenvalue weighted by Gasteiger charge is 2.09. The van der Waals surface area contributed by atoms with Gasteiger partial charge in [0.15, 0.2) is 0 Å². The van der Waals surface area contributed by atoms with Crippen LogP contribution in [0.1, 0.15) is 5.69 Å². The highest BCUT2D eigenvalue weighted by atomic mass is 32.1. The van der Waals surface area contributed by atoms with Gasteiger partial charge in [-0.15, -0.1) is 5.10 Å². The lowest BCUT2D eigenvalue weighted by molar-refractivity contribution is 0.957. The van der Waals surface area contributed by atoms with Crippen LogP contribution < -0.4 is 5.32 Å². The normalized spacial score (nSPS) is 16.6. The molecule has 0 bridgehead atoms. The average Bonchev–Trinajstić information content (AvgIpc) is 2.59. The van der Waals surface area contributed by atoms with Crippen molar-refractivity contribution in [2.75, 3.05) is 13.1 Å². The first-order valence-corrected chi connectivity index (χ1v) is 3.86. The number of aliphatic imine (C=N–C) groups is 1. The fraction of sp³-hybridized carbons (Fsp3) is 0.400. The topological polar surface area (TPSA) is 50.2 Å². The molecule has 5 heteroatoms. The molecule has 0 fully saturated rings. The van der Waals surface area contributed by atoms with Crippen LogP contribution in [0.5, 0.6) is 0 Å². The summed E-state index contributed by atoms with van der Waals surface area (Å²) >= 11 is 1.34. The second kappa shape index (κ2) is 2.34. The molecule has 0 saturated carbocycles. The summed E-state index contributed by atoms with van der Waals surface area (Å²) in [5.41, 5.74) is 0.863. The molecule has 1 aromatic rings. The number of amidine groups is 1. The molecule has 0 unspecified atom stereocenters. The molecule has 0 radical (unpaired) electrons. The molecule has 0 amide bonds. The first-order chi connectivity index (χ1) is 4.97. The van der Waals surface area contributed by atoms with Gasteiger partial charge in [-0.25, -0.2) is 0 Å². The fourth-order valence-corrected chi connectivity index (χ4v) is 1.28.